The van der Waals surface area contributed by atoms with E-state index in [0.717, 1.165) is 16.1 Å². The number of hydrogen-bond acceptors (Lipinski definition) is 3. The fraction of sp³-hybridized carbons (Fsp3) is 0.375. The van der Waals surface area contributed by atoms with Crippen LogP contribution >= 0.6 is 0 Å². The van der Waals surface area contributed by atoms with E-state index in [-0.39, 0.29) is 23.6 Å². The maximum absolute atomic E-state index is 13.3. The summed E-state index contributed by atoms with van der Waals surface area (Å²) in [5.74, 6) is -1.87. The number of amides is 3. The van der Waals surface area contributed by atoms with Gasteiger partial charge in [0.1, 0.15) is 0 Å². The molecule has 3 amide bonds. The quantitative estimate of drug-likeness (QED) is 0.810. The predicted octanol–water partition coefficient (Wildman–Crippen LogP) is 3.66. The lowest BCUT2D eigenvalue weighted by molar-refractivity contribution is -0.174. The first kappa shape index (κ1) is 19.4. The predicted molar refractivity (Wildman–Crippen MR) is 109 cm³/mol. The van der Waals surface area contributed by atoms with Crippen molar-refractivity contribution in [2.75, 3.05) is 0 Å². The van der Waals surface area contributed by atoms with Gasteiger partial charge in [0.2, 0.25) is 0 Å². The number of fused-ring (bicyclic) bond motifs is 2. The first-order valence-corrected chi connectivity index (χ1v) is 10.1. The second-order valence-electron chi connectivity index (χ2n) is 8.85. The standard InChI is InChI=1S/C24H26N2O3/c1-23(2)18-14-15-24(23,3)22(29)26(21(18)28)25-20(27)19(16-10-6-4-7-11-16)17-12-8-5-9-13-17/h4-13,18-19H,14-15H2,1-3H3,(H,25,27). The zero-order chi connectivity index (χ0) is 20.8. The van der Waals surface area contributed by atoms with E-state index < -0.39 is 16.7 Å². The number of nitrogens with zero attached hydrogens (tertiary/aromatic N) is 1. The minimum absolute atomic E-state index is 0.266. The molecular weight excluding hydrogens is 364 g/mol. The van der Waals surface area contributed by atoms with E-state index in [4.69, 9.17) is 0 Å². The van der Waals surface area contributed by atoms with Gasteiger partial charge in [-0.25, -0.2) is 0 Å². The van der Waals surface area contributed by atoms with E-state index in [1.807, 2.05) is 81.4 Å². The normalized spacial score (nSPS) is 25.4. The summed E-state index contributed by atoms with van der Waals surface area (Å²) in [6.45, 7) is 5.87. The van der Waals surface area contributed by atoms with Crippen LogP contribution in [0.1, 0.15) is 50.7 Å². The Morgan fingerprint density at radius 1 is 0.966 bits per heavy atom. The summed E-state index contributed by atoms with van der Waals surface area (Å²) in [4.78, 5) is 39.7. The highest BCUT2D eigenvalue weighted by atomic mass is 16.2. The van der Waals surface area contributed by atoms with Crippen molar-refractivity contribution in [2.45, 2.75) is 39.5 Å². The minimum Gasteiger partial charge on any atom is -0.272 e. The molecule has 2 unspecified atom stereocenters. The number of hydrogen-bond donors (Lipinski definition) is 1. The van der Waals surface area contributed by atoms with Crippen LogP contribution in [-0.4, -0.2) is 22.7 Å². The number of carbonyl (C=O) groups excluding carboxylic acids is 3. The van der Waals surface area contributed by atoms with E-state index in [9.17, 15) is 14.4 Å². The lowest BCUT2D eigenvalue weighted by Crippen LogP contribution is -2.64. The molecule has 4 rings (SSSR count). The topological polar surface area (TPSA) is 66.5 Å². The minimum atomic E-state index is -0.659. The summed E-state index contributed by atoms with van der Waals surface area (Å²) < 4.78 is 0. The Bertz CT molecular complexity index is 915. The van der Waals surface area contributed by atoms with Crippen LogP contribution in [0.2, 0.25) is 0 Å². The molecule has 0 radical (unpaired) electrons. The number of carbonyl (C=O) groups is 3. The molecule has 2 aromatic rings. The van der Waals surface area contributed by atoms with Crippen LogP contribution < -0.4 is 5.43 Å². The van der Waals surface area contributed by atoms with Crippen LogP contribution in [0.3, 0.4) is 0 Å². The smallest absolute Gasteiger partial charge is 0.254 e. The van der Waals surface area contributed by atoms with Crippen LogP contribution in [-0.2, 0) is 14.4 Å². The first-order chi connectivity index (χ1) is 13.8. The fourth-order valence-corrected chi connectivity index (χ4v) is 4.88. The zero-order valence-corrected chi connectivity index (χ0v) is 17.0. The Balaban J connectivity index is 1.67. The molecule has 0 spiro atoms. The van der Waals surface area contributed by atoms with Gasteiger partial charge >= 0.3 is 0 Å². The molecule has 1 saturated carbocycles. The number of benzene rings is 2. The molecule has 2 atom stereocenters. The molecule has 5 heteroatoms. The Labute approximate surface area is 171 Å². The number of imide groups is 1. The van der Waals surface area contributed by atoms with Gasteiger partial charge in [-0.05, 0) is 29.4 Å². The Hall–Kier alpha value is -2.95. The Kier molecular flexibility index (Phi) is 4.56. The summed E-state index contributed by atoms with van der Waals surface area (Å²) in [5.41, 5.74) is 3.22. The molecule has 5 nitrogen and oxygen atoms in total. The number of rotatable bonds is 4. The average molecular weight is 390 g/mol. The monoisotopic (exact) mass is 390 g/mol. The Morgan fingerprint density at radius 2 is 1.48 bits per heavy atom. The number of nitrogens with one attached hydrogen (secondary N) is 1. The van der Waals surface area contributed by atoms with Crippen molar-refractivity contribution in [3.05, 3.63) is 71.8 Å². The molecule has 2 aromatic carbocycles. The summed E-state index contributed by atoms with van der Waals surface area (Å²) in [5, 5.41) is 0.990. The van der Waals surface area contributed by atoms with Gasteiger partial charge in [0.05, 0.1) is 11.3 Å². The fourth-order valence-electron chi connectivity index (χ4n) is 4.88. The summed E-state index contributed by atoms with van der Waals surface area (Å²) >= 11 is 0. The van der Waals surface area contributed by atoms with Crippen molar-refractivity contribution in [1.29, 1.82) is 0 Å². The van der Waals surface area contributed by atoms with Gasteiger partial charge < -0.3 is 0 Å². The molecule has 2 aliphatic rings. The van der Waals surface area contributed by atoms with E-state index in [1.165, 1.54) is 0 Å². The number of hydrazine groups is 1. The largest absolute Gasteiger partial charge is 0.272 e. The Morgan fingerprint density at radius 3 is 2.00 bits per heavy atom. The van der Waals surface area contributed by atoms with Gasteiger partial charge in [0, 0.05) is 5.92 Å². The van der Waals surface area contributed by atoms with Gasteiger partial charge in [-0.1, -0.05) is 81.4 Å². The maximum Gasteiger partial charge on any atom is 0.254 e. The molecule has 29 heavy (non-hydrogen) atoms. The molecule has 1 saturated heterocycles. The third-order valence-electron chi connectivity index (χ3n) is 7.17. The van der Waals surface area contributed by atoms with Crippen molar-refractivity contribution in [3.63, 3.8) is 0 Å². The molecule has 150 valence electrons. The second kappa shape index (κ2) is 6.83. The highest BCUT2D eigenvalue weighted by Gasteiger charge is 2.65. The van der Waals surface area contributed by atoms with Crippen molar-refractivity contribution < 1.29 is 14.4 Å². The van der Waals surface area contributed by atoms with Crippen LogP contribution in [0.4, 0.5) is 0 Å². The van der Waals surface area contributed by atoms with Crippen LogP contribution in [0.25, 0.3) is 0 Å². The lowest BCUT2D eigenvalue weighted by atomic mass is 9.63. The first-order valence-electron chi connectivity index (χ1n) is 10.1. The van der Waals surface area contributed by atoms with Crippen molar-refractivity contribution in [1.82, 2.24) is 10.4 Å². The van der Waals surface area contributed by atoms with Gasteiger partial charge in [-0.15, -0.1) is 0 Å². The molecule has 1 aliphatic carbocycles. The molecule has 1 heterocycles. The van der Waals surface area contributed by atoms with E-state index in [0.29, 0.717) is 12.8 Å². The van der Waals surface area contributed by atoms with Gasteiger partial charge in [-0.2, -0.15) is 5.01 Å². The molecular formula is C24H26N2O3. The van der Waals surface area contributed by atoms with Crippen LogP contribution in [0.15, 0.2) is 60.7 Å². The molecule has 1 aliphatic heterocycles. The summed E-state index contributed by atoms with van der Waals surface area (Å²) in [7, 11) is 0. The highest BCUT2D eigenvalue weighted by molar-refractivity contribution is 6.05. The van der Waals surface area contributed by atoms with E-state index in [1.54, 1.807) is 0 Å². The van der Waals surface area contributed by atoms with Gasteiger partial charge in [-0.3, -0.25) is 19.8 Å². The maximum atomic E-state index is 13.3. The van der Waals surface area contributed by atoms with Crippen LogP contribution in [0, 0.1) is 16.7 Å². The van der Waals surface area contributed by atoms with Crippen molar-refractivity contribution >= 4 is 17.7 Å². The van der Waals surface area contributed by atoms with Gasteiger partial charge in [0.15, 0.2) is 0 Å². The van der Waals surface area contributed by atoms with E-state index in [2.05, 4.69) is 5.43 Å². The summed E-state index contributed by atoms with van der Waals surface area (Å²) in [6.07, 6.45) is 1.32. The third-order valence-corrected chi connectivity index (χ3v) is 7.17. The average Bonchev–Trinajstić information content (AvgIpc) is 2.91. The molecule has 2 fully saturated rings. The van der Waals surface area contributed by atoms with Gasteiger partial charge in [0.25, 0.3) is 17.7 Å². The van der Waals surface area contributed by atoms with Crippen LogP contribution in [0.5, 0.6) is 0 Å². The molecule has 0 aromatic heterocycles. The summed E-state index contributed by atoms with van der Waals surface area (Å²) in [6, 6.07) is 18.8. The lowest BCUT2D eigenvalue weighted by Gasteiger charge is -2.47. The van der Waals surface area contributed by atoms with E-state index >= 15 is 0 Å². The van der Waals surface area contributed by atoms with Crippen molar-refractivity contribution in [2.24, 2.45) is 16.7 Å². The zero-order valence-electron chi connectivity index (χ0n) is 17.0. The number of piperidine rings is 1. The highest BCUT2D eigenvalue weighted by Crippen LogP contribution is 2.59. The third kappa shape index (κ3) is 2.87. The molecule has 1 N–H and O–H groups in total. The SMILES string of the molecule is CC12CCC(C(=O)N(NC(=O)C(c3ccccc3)c3ccccc3)C1=O)C2(C)C. The second-order valence-corrected chi connectivity index (χ2v) is 8.85. The molecule has 2 bridgehead atoms. The van der Waals surface area contributed by atoms with Crippen molar-refractivity contribution in [3.8, 4) is 0 Å².